The number of benzene rings is 3. The Hall–Kier alpha value is -3.78. The highest BCUT2D eigenvalue weighted by Crippen LogP contribution is 2.53. The first-order valence-corrected chi connectivity index (χ1v) is 10.9. The molecule has 0 spiro atoms. The maximum Gasteiger partial charge on any atom is 0.200 e. The van der Waals surface area contributed by atoms with E-state index >= 15 is 0 Å². The van der Waals surface area contributed by atoms with Crippen molar-refractivity contribution in [3.8, 4) is 51.4 Å². The van der Waals surface area contributed by atoms with Gasteiger partial charge in [-0.1, -0.05) is 0 Å². The molecule has 3 aromatic carbocycles. The lowest BCUT2D eigenvalue weighted by atomic mass is 9.77. The molecule has 2 atom stereocenters. The third-order valence-corrected chi connectivity index (χ3v) is 6.75. The van der Waals surface area contributed by atoms with Crippen molar-refractivity contribution in [3.05, 3.63) is 52.6 Å². The van der Waals surface area contributed by atoms with Gasteiger partial charge in [0.25, 0.3) is 0 Å². The molecule has 0 saturated carbocycles. The number of aliphatic hydroxyl groups is 1. The van der Waals surface area contributed by atoms with Gasteiger partial charge in [0.15, 0.2) is 11.5 Å². The number of hydrogen-bond acceptors (Lipinski definition) is 8. The van der Waals surface area contributed by atoms with E-state index in [2.05, 4.69) is 0 Å². The Labute approximate surface area is 196 Å². The number of aromatic hydroxyl groups is 3. The topological polar surface area (TPSA) is 118 Å². The van der Waals surface area contributed by atoms with E-state index in [1.807, 2.05) is 0 Å². The molecule has 1 heterocycles. The van der Waals surface area contributed by atoms with Crippen LogP contribution in [0.3, 0.4) is 0 Å². The second kappa shape index (κ2) is 8.22. The molecular weight excluding hydrogens is 440 g/mol. The van der Waals surface area contributed by atoms with Crippen LogP contribution in [-0.2, 0) is 12.8 Å². The fraction of sp³-hybridized carbons (Fsp3) is 0.308. The molecule has 0 radical (unpaired) electrons. The maximum absolute atomic E-state index is 11.5. The van der Waals surface area contributed by atoms with Crippen molar-refractivity contribution in [2.24, 2.45) is 0 Å². The average Bonchev–Trinajstić information content (AvgIpc) is 2.83. The van der Waals surface area contributed by atoms with Crippen LogP contribution in [0.5, 0.6) is 40.2 Å². The lowest BCUT2D eigenvalue weighted by molar-refractivity contribution is 0.0875. The summed E-state index contributed by atoms with van der Waals surface area (Å²) in [5.41, 5.74) is 4.16. The summed E-state index contributed by atoms with van der Waals surface area (Å²) >= 11 is 0. The highest BCUT2D eigenvalue weighted by Gasteiger charge is 2.37. The molecule has 8 heteroatoms. The van der Waals surface area contributed by atoms with Crippen LogP contribution in [0.1, 0.15) is 34.3 Å². The fourth-order valence-corrected chi connectivity index (χ4v) is 5.14. The Bertz CT molecular complexity index is 1260. The molecule has 1 aliphatic heterocycles. The molecule has 2 unspecified atom stereocenters. The molecule has 0 fully saturated rings. The number of hydrogen-bond donors (Lipinski definition) is 4. The van der Waals surface area contributed by atoms with Crippen molar-refractivity contribution in [1.29, 1.82) is 0 Å². The normalized spacial score (nSPS) is 18.2. The second-order valence-electron chi connectivity index (χ2n) is 8.47. The van der Waals surface area contributed by atoms with E-state index in [1.54, 1.807) is 31.4 Å². The van der Waals surface area contributed by atoms with Crippen LogP contribution in [0.2, 0.25) is 0 Å². The zero-order chi connectivity index (χ0) is 24.1. The number of fused-ring (bicyclic) bond motifs is 5. The number of rotatable bonds is 4. The number of aliphatic hydroxyl groups excluding tert-OH is 1. The van der Waals surface area contributed by atoms with E-state index in [-0.39, 0.29) is 35.4 Å². The third kappa shape index (κ3) is 3.25. The molecule has 8 nitrogen and oxygen atoms in total. The average molecular weight is 466 g/mol. The smallest absolute Gasteiger partial charge is 0.200 e. The first-order chi connectivity index (χ1) is 16.4. The molecule has 0 bridgehead atoms. The summed E-state index contributed by atoms with van der Waals surface area (Å²) in [7, 11) is 4.43. The Morgan fingerprint density at radius 1 is 0.824 bits per heavy atom. The summed E-state index contributed by atoms with van der Waals surface area (Å²) in [6.07, 6.45) is 0.216. The van der Waals surface area contributed by atoms with Gasteiger partial charge in [-0.25, -0.2) is 0 Å². The minimum absolute atomic E-state index is 0.0148. The van der Waals surface area contributed by atoms with Crippen LogP contribution in [-0.4, -0.2) is 48.4 Å². The Balaban J connectivity index is 1.66. The van der Waals surface area contributed by atoms with Crippen molar-refractivity contribution in [2.75, 3.05) is 27.9 Å². The van der Waals surface area contributed by atoms with E-state index in [0.29, 0.717) is 46.6 Å². The number of phenolic OH excluding ortho intramolecular Hbond substituents is 3. The Kier molecular flexibility index (Phi) is 5.32. The molecule has 1 aliphatic carbocycles. The summed E-state index contributed by atoms with van der Waals surface area (Å²) < 4.78 is 22.0. The Morgan fingerprint density at radius 3 is 2.12 bits per heavy atom. The molecular formula is C26H26O8. The van der Waals surface area contributed by atoms with Gasteiger partial charge in [0, 0.05) is 34.7 Å². The minimum Gasteiger partial charge on any atom is -0.508 e. The van der Waals surface area contributed by atoms with Crippen LogP contribution in [0, 0.1) is 0 Å². The first kappa shape index (κ1) is 22.0. The van der Waals surface area contributed by atoms with Gasteiger partial charge >= 0.3 is 0 Å². The van der Waals surface area contributed by atoms with E-state index in [4.69, 9.17) is 18.9 Å². The van der Waals surface area contributed by atoms with Gasteiger partial charge in [-0.3, -0.25) is 0 Å². The van der Waals surface area contributed by atoms with Gasteiger partial charge in [-0.05, 0) is 47.7 Å². The quantitative estimate of drug-likeness (QED) is 0.459. The van der Waals surface area contributed by atoms with Gasteiger partial charge in [-0.15, -0.1) is 0 Å². The molecule has 0 amide bonds. The summed E-state index contributed by atoms with van der Waals surface area (Å²) in [6, 6.07) is 7.98. The van der Waals surface area contributed by atoms with Crippen LogP contribution in [0.25, 0.3) is 11.1 Å². The zero-order valence-corrected chi connectivity index (χ0v) is 19.1. The number of phenols is 3. The van der Waals surface area contributed by atoms with Crippen molar-refractivity contribution < 1.29 is 39.4 Å². The van der Waals surface area contributed by atoms with Crippen molar-refractivity contribution in [2.45, 2.75) is 24.9 Å². The van der Waals surface area contributed by atoms with E-state index < -0.39 is 12.0 Å². The molecule has 34 heavy (non-hydrogen) atoms. The predicted molar refractivity (Wildman–Crippen MR) is 124 cm³/mol. The summed E-state index contributed by atoms with van der Waals surface area (Å²) in [4.78, 5) is 0. The zero-order valence-electron chi connectivity index (χ0n) is 19.1. The molecule has 5 rings (SSSR count). The largest absolute Gasteiger partial charge is 0.508 e. The standard InChI is InChI=1S/C26H26O8/c1-31-19-9-13(27)8-16-14(19)4-5-15-23(16)18(28)10-20-24(15)25(29)17(11-34-20)12-6-21(32-2)26(30)22(7-12)33-3/h6-10,17,25,27-30H,4-5,11H2,1-3H3. The highest BCUT2D eigenvalue weighted by molar-refractivity contribution is 5.83. The maximum atomic E-state index is 11.5. The summed E-state index contributed by atoms with van der Waals surface area (Å²) in [6.45, 7) is 0.161. The molecule has 0 aromatic heterocycles. The van der Waals surface area contributed by atoms with E-state index in [9.17, 15) is 20.4 Å². The SMILES string of the molecule is COc1cc(C2COc3cc(O)c4c(c3C2O)CCc2c(OC)cc(O)cc2-4)cc(OC)c1O. The molecule has 3 aromatic rings. The van der Waals surface area contributed by atoms with Crippen molar-refractivity contribution in [3.63, 3.8) is 0 Å². The lowest BCUT2D eigenvalue weighted by Gasteiger charge is -2.35. The number of ether oxygens (including phenoxy) is 4. The van der Waals surface area contributed by atoms with Gasteiger partial charge in [0.1, 0.15) is 23.0 Å². The van der Waals surface area contributed by atoms with E-state index in [1.165, 1.54) is 20.3 Å². The van der Waals surface area contributed by atoms with Crippen LogP contribution in [0.15, 0.2) is 30.3 Å². The minimum atomic E-state index is -0.946. The van der Waals surface area contributed by atoms with Gasteiger partial charge in [0.05, 0.1) is 34.0 Å². The van der Waals surface area contributed by atoms with Gasteiger partial charge in [-0.2, -0.15) is 0 Å². The molecule has 0 saturated heterocycles. The Morgan fingerprint density at radius 2 is 1.47 bits per heavy atom. The summed E-state index contributed by atoms with van der Waals surface area (Å²) in [5.74, 6) is 0.898. The van der Waals surface area contributed by atoms with Crippen LogP contribution < -0.4 is 18.9 Å². The second-order valence-corrected chi connectivity index (χ2v) is 8.47. The monoisotopic (exact) mass is 466 g/mol. The van der Waals surface area contributed by atoms with Crippen molar-refractivity contribution >= 4 is 0 Å². The fourth-order valence-electron chi connectivity index (χ4n) is 5.14. The van der Waals surface area contributed by atoms with Crippen LogP contribution >= 0.6 is 0 Å². The number of methoxy groups -OCH3 is 3. The van der Waals surface area contributed by atoms with Crippen molar-refractivity contribution in [1.82, 2.24) is 0 Å². The third-order valence-electron chi connectivity index (χ3n) is 6.75. The highest BCUT2D eigenvalue weighted by atomic mass is 16.5. The lowest BCUT2D eigenvalue weighted by Crippen LogP contribution is -2.26. The predicted octanol–water partition coefficient (Wildman–Crippen LogP) is 3.80. The van der Waals surface area contributed by atoms with Gasteiger partial charge < -0.3 is 39.4 Å². The van der Waals surface area contributed by atoms with E-state index in [0.717, 1.165) is 11.1 Å². The first-order valence-electron chi connectivity index (χ1n) is 10.9. The summed E-state index contributed by atoms with van der Waals surface area (Å²) in [5, 5.41) is 43.0. The molecule has 4 N–H and O–H groups in total. The molecule has 2 aliphatic rings. The van der Waals surface area contributed by atoms with Crippen LogP contribution in [0.4, 0.5) is 0 Å². The molecule has 178 valence electrons. The van der Waals surface area contributed by atoms with Gasteiger partial charge in [0.2, 0.25) is 5.75 Å².